The summed E-state index contributed by atoms with van der Waals surface area (Å²) in [5.41, 5.74) is 1.02. The molecule has 1 amide bonds. The first kappa shape index (κ1) is 16.0. The summed E-state index contributed by atoms with van der Waals surface area (Å²) in [5, 5.41) is 0.0165. The first-order valence-electron chi connectivity index (χ1n) is 7.34. The molecule has 1 unspecified atom stereocenters. The van der Waals surface area contributed by atoms with E-state index >= 15 is 0 Å². The fourth-order valence-electron chi connectivity index (χ4n) is 2.48. The molecule has 2 rings (SSSR count). The van der Waals surface area contributed by atoms with Gasteiger partial charge in [0.2, 0.25) is 5.91 Å². The monoisotopic (exact) mass is 309 g/mol. The predicted molar refractivity (Wildman–Crippen MR) is 86.0 cm³/mol. The zero-order valence-corrected chi connectivity index (χ0v) is 13.7. The molecule has 0 aromatic heterocycles. The van der Waals surface area contributed by atoms with Crippen LogP contribution in [0.2, 0.25) is 0 Å². The van der Waals surface area contributed by atoms with E-state index in [9.17, 15) is 4.79 Å². The minimum atomic E-state index is 0.0165. The highest BCUT2D eigenvalue weighted by molar-refractivity contribution is 7.99. The Hall–Kier alpha value is -1.36. The lowest BCUT2D eigenvalue weighted by atomic mass is 10.1. The third kappa shape index (κ3) is 3.64. The summed E-state index contributed by atoms with van der Waals surface area (Å²) in [6, 6.07) is 5.77. The average molecular weight is 309 g/mol. The molecular weight excluding hydrogens is 286 g/mol. The van der Waals surface area contributed by atoms with Crippen molar-refractivity contribution in [1.29, 1.82) is 0 Å². The molecule has 1 aromatic carbocycles. The Morgan fingerprint density at radius 2 is 2.14 bits per heavy atom. The van der Waals surface area contributed by atoms with Gasteiger partial charge < -0.3 is 14.4 Å². The highest BCUT2D eigenvalue weighted by atomic mass is 32.2. The van der Waals surface area contributed by atoms with Gasteiger partial charge in [-0.3, -0.25) is 4.79 Å². The molecule has 5 heteroatoms. The topological polar surface area (TPSA) is 38.8 Å². The Balaban J connectivity index is 2.33. The summed E-state index contributed by atoms with van der Waals surface area (Å²) in [4.78, 5) is 14.3. The second-order valence-electron chi connectivity index (χ2n) is 5.02. The predicted octanol–water partition coefficient (Wildman–Crippen LogP) is 3.47. The maximum absolute atomic E-state index is 12.3. The quantitative estimate of drug-likeness (QED) is 0.806. The Morgan fingerprint density at radius 1 is 1.33 bits per heavy atom. The first-order chi connectivity index (χ1) is 10.2. The van der Waals surface area contributed by atoms with E-state index in [-0.39, 0.29) is 11.3 Å². The molecule has 0 bridgehead atoms. The average Bonchev–Trinajstić information content (AvgIpc) is 2.53. The number of ether oxygens (including phenoxy) is 2. The lowest BCUT2D eigenvalue weighted by Crippen LogP contribution is -2.38. The molecule has 0 radical (unpaired) electrons. The van der Waals surface area contributed by atoms with Crippen molar-refractivity contribution in [2.45, 2.75) is 31.6 Å². The molecule has 1 fully saturated rings. The number of rotatable bonds is 6. The van der Waals surface area contributed by atoms with Gasteiger partial charge in [0, 0.05) is 24.3 Å². The van der Waals surface area contributed by atoms with Crippen molar-refractivity contribution in [3.8, 4) is 11.5 Å². The van der Waals surface area contributed by atoms with Crippen LogP contribution in [-0.4, -0.2) is 37.3 Å². The van der Waals surface area contributed by atoms with Crippen LogP contribution in [0.5, 0.6) is 11.5 Å². The summed E-state index contributed by atoms with van der Waals surface area (Å²) in [5.74, 6) is 2.69. The van der Waals surface area contributed by atoms with Gasteiger partial charge in [-0.05, 0) is 24.6 Å². The molecule has 1 aliphatic rings. The summed E-state index contributed by atoms with van der Waals surface area (Å²) in [7, 11) is 3.32. The van der Waals surface area contributed by atoms with Gasteiger partial charge >= 0.3 is 0 Å². The van der Waals surface area contributed by atoms with Gasteiger partial charge in [-0.15, -0.1) is 11.8 Å². The van der Waals surface area contributed by atoms with Gasteiger partial charge in [-0.1, -0.05) is 13.3 Å². The number of amides is 1. The van der Waals surface area contributed by atoms with Crippen molar-refractivity contribution >= 4 is 17.7 Å². The molecule has 1 saturated heterocycles. The fourth-order valence-corrected chi connectivity index (χ4v) is 3.77. The maximum Gasteiger partial charge on any atom is 0.224 e. The minimum Gasteiger partial charge on any atom is -0.497 e. The van der Waals surface area contributed by atoms with E-state index in [0.29, 0.717) is 6.42 Å². The number of carbonyl (C=O) groups is 1. The molecule has 1 atom stereocenters. The van der Waals surface area contributed by atoms with Gasteiger partial charge in [0.05, 0.1) is 14.2 Å². The Morgan fingerprint density at radius 3 is 2.81 bits per heavy atom. The molecule has 0 N–H and O–H groups in total. The number of benzene rings is 1. The summed E-state index contributed by atoms with van der Waals surface area (Å²) < 4.78 is 10.8. The normalized spacial score (nSPS) is 18.7. The molecule has 0 aliphatic carbocycles. The minimum absolute atomic E-state index is 0.0165. The number of hydrogen-bond donors (Lipinski definition) is 0. The van der Waals surface area contributed by atoms with E-state index in [0.717, 1.165) is 42.2 Å². The third-order valence-electron chi connectivity index (χ3n) is 3.65. The fraction of sp³-hybridized carbons (Fsp3) is 0.562. The van der Waals surface area contributed by atoms with Crippen LogP contribution in [0.3, 0.4) is 0 Å². The van der Waals surface area contributed by atoms with Gasteiger partial charge in [-0.2, -0.15) is 0 Å². The van der Waals surface area contributed by atoms with Crippen LogP contribution in [-0.2, 0) is 4.79 Å². The van der Waals surface area contributed by atoms with Crippen molar-refractivity contribution < 1.29 is 14.3 Å². The molecule has 21 heavy (non-hydrogen) atoms. The van der Waals surface area contributed by atoms with Gasteiger partial charge in [0.25, 0.3) is 0 Å². The Kier molecular flexibility index (Phi) is 5.79. The molecule has 1 aliphatic heterocycles. The largest absolute Gasteiger partial charge is 0.497 e. The van der Waals surface area contributed by atoms with Gasteiger partial charge in [0.1, 0.15) is 16.9 Å². The van der Waals surface area contributed by atoms with Crippen LogP contribution in [0, 0.1) is 0 Å². The van der Waals surface area contributed by atoms with Gasteiger partial charge in [-0.25, -0.2) is 0 Å². The number of methoxy groups -OCH3 is 2. The number of carbonyl (C=O) groups excluding carboxylic acids is 1. The van der Waals surface area contributed by atoms with Crippen molar-refractivity contribution in [3.63, 3.8) is 0 Å². The molecule has 0 saturated carbocycles. The maximum atomic E-state index is 12.3. The molecule has 1 aromatic rings. The van der Waals surface area contributed by atoms with Crippen molar-refractivity contribution in [2.24, 2.45) is 0 Å². The van der Waals surface area contributed by atoms with Crippen LogP contribution < -0.4 is 9.47 Å². The summed E-state index contributed by atoms with van der Waals surface area (Å²) >= 11 is 1.80. The van der Waals surface area contributed by atoms with E-state index in [1.807, 2.05) is 23.1 Å². The van der Waals surface area contributed by atoms with Crippen LogP contribution >= 0.6 is 11.8 Å². The van der Waals surface area contributed by atoms with E-state index in [2.05, 4.69) is 6.92 Å². The van der Waals surface area contributed by atoms with E-state index in [1.54, 1.807) is 26.0 Å². The van der Waals surface area contributed by atoms with Crippen molar-refractivity contribution in [3.05, 3.63) is 23.8 Å². The lowest BCUT2D eigenvalue weighted by molar-refractivity contribution is -0.132. The second kappa shape index (κ2) is 7.59. The smallest absolute Gasteiger partial charge is 0.224 e. The Bertz CT molecular complexity index is 492. The van der Waals surface area contributed by atoms with Gasteiger partial charge in [0.15, 0.2) is 0 Å². The van der Waals surface area contributed by atoms with Crippen LogP contribution in [0.1, 0.15) is 37.1 Å². The number of thioether (sulfide) groups is 1. The lowest BCUT2D eigenvalue weighted by Gasteiger charge is -2.36. The van der Waals surface area contributed by atoms with E-state index in [1.165, 1.54) is 0 Å². The molecular formula is C16H23NO3S. The first-order valence-corrected chi connectivity index (χ1v) is 8.39. The Labute approximate surface area is 130 Å². The number of nitrogens with zero attached hydrogens (tertiary/aromatic N) is 1. The van der Waals surface area contributed by atoms with E-state index in [4.69, 9.17) is 9.47 Å². The number of unbranched alkanes of at least 4 members (excludes halogenated alkanes) is 1. The van der Waals surface area contributed by atoms with Crippen molar-refractivity contribution in [1.82, 2.24) is 4.90 Å². The number of hydrogen-bond acceptors (Lipinski definition) is 4. The standard InChI is InChI=1S/C16H23NO3S/c1-4-5-9-17-15(18)8-10-21-16(17)13-11-12(19-2)6-7-14(13)20-3/h6-7,11,16H,4-5,8-10H2,1-3H3. The zero-order valence-electron chi connectivity index (χ0n) is 12.9. The molecule has 4 nitrogen and oxygen atoms in total. The SMILES string of the molecule is CCCCN1C(=O)CCSC1c1cc(OC)ccc1OC. The highest BCUT2D eigenvalue weighted by Gasteiger charge is 2.31. The third-order valence-corrected chi connectivity index (χ3v) is 4.91. The molecule has 1 heterocycles. The zero-order chi connectivity index (χ0) is 15.2. The summed E-state index contributed by atoms with van der Waals surface area (Å²) in [6.45, 7) is 2.94. The molecule has 0 spiro atoms. The molecule has 116 valence electrons. The summed E-state index contributed by atoms with van der Waals surface area (Å²) in [6.07, 6.45) is 2.72. The second-order valence-corrected chi connectivity index (χ2v) is 6.21. The highest BCUT2D eigenvalue weighted by Crippen LogP contribution is 2.42. The van der Waals surface area contributed by atoms with Crippen LogP contribution in [0.15, 0.2) is 18.2 Å². The van der Waals surface area contributed by atoms with Crippen LogP contribution in [0.4, 0.5) is 0 Å². The van der Waals surface area contributed by atoms with Crippen LogP contribution in [0.25, 0.3) is 0 Å². The van der Waals surface area contributed by atoms with E-state index < -0.39 is 0 Å². The van der Waals surface area contributed by atoms with Crippen molar-refractivity contribution in [2.75, 3.05) is 26.5 Å².